The molecule has 4 rings (SSSR count). The molecule has 6 nitrogen and oxygen atoms in total. The standard InChI is InChI=1S/C25H33N3O3S/c29-25(23-12-16-28(17-13-23)32(30,31)24-10-3-1-4-11-24)26-19-21-8-7-9-22(18-21)20-27-14-5-2-6-15-27/h1,3-4,7-11,18,23H,2,5-6,12-17,19-20H2,(H,26,29). The summed E-state index contributed by atoms with van der Waals surface area (Å²) in [5.74, 6) is -0.128. The lowest BCUT2D eigenvalue weighted by molar-refractivity contribution is -0.126. The molecule has 2 saturated heterocycles. The van der Waals surface area contributed by atoms with Crippen molar-refractivity contribution in [3.8, 4) is 0 Å². The Morgan fingerprint density at radius 2 is 1.56 bits per heavy atom. The molecule has 7 heteroatoms. The molecule has 0 radical (unpaired) electrons. The van der Waals surface area contributed by atoms with Gasteiger partial charge in [0.1, 0.15) is 0 Å². The molecule has 0 aliphatic carbocycles. The lowest BCUT2D eigenvalue weighted by atomic mass is 9.97. The van der Waals surface area contributed by atoms with Gasteiger partial charge < -0.3 is 5.32 Å². The van der Waals surface area contributed by atoms with Crippen LogP contribution in [0.1, 0.15) is 43.2 Å². The largest absolute Gasteiger partial charge is 0.352 e. The molecule has 172 valence electrons. The van der Waals surface area contributed by atoms with Gasteiger partial charge in [-0.1, -0.05) is 48.9 Å². The van der Waals surface area contributed by atoms with Crippen molar-refractivity contribution >= 4 is 15.9 Å². The van der Waals surface area contributed by atoms with Gasteiger partial charge in [0.2, 0.25) is 15.9 Å². The first-order valence-electron chi connectivity index (χ1n) is 11.7. The van der Waals surface area contributed by atoms with E-state index < -0.39 is 10.0 Å². The van der Waals surface area contributed by atoms with Crippen LogP contribution >= 0.6 is 0 Å². The molecular weight excluding hydrogens is 422 g/mol. The number of amides is 1. The van der Waals surface area contributed by atoms with E-state index in [0.717, 1.165) is 12.1 Å². The van der Waals surface area contributed by atoms with Gasteiger partial charge in [-0.2, -0.15) is 4.31 Å². The number of likely N-dealkylation sites (tertiary alicyclic amines) is 1. The summed E-state index contributed by atoms with van der Waals surface area (Å²) in [5, 5.41) is 3.06. The van der Waals surface area contributed by atoms with E-state index >= 15 is 0 Å². The van der Waals surface area contributed by atoms with Gasteiger partial charge >= 0.3 is 0 Å². The molecule has 0 atom stereocenters. The number of nitrogens with zero attached hydrogens (tertiary/aromatic N) is 2. The second-order valence-electron chi connectivity index (χ2n) is 8.87. The van der Waals surface area contributed by atoms with Crippen molar-refractivity contribution in [2.75, 3.05) is 26.2 Å². The van der Waals surface area contributed by atoms with E-state index in [1.807, 2.05) is 0 Å². The maximum absolute atomic E-state index is 12.8. The lowest BCUT2D eigenvalue weighted by Crippen LogP contribution is -2.42. The number of benzene rings is 2. The van der Waals surface area contributed by atoms with E-state index in [1.165, 1.54) is 42.2 Å². The van der Waals surface area contributed by atoms with Crippen molar-refractivity contribution < 1.29 is 13.2 Å². The first-order valence-corrected chi connectivity index (χ1v) is 13.1. The monoisotopic (exact) mass is 455 g/mol. The lowest BCUT2D eigenvalue weighted by Gasteiger charge is -2.30. The second-order valence-corrected chi connectivity index (χ2v) is 10.8. The summed E-state index contributed by atoms with van der Waals surface area (Å²) in [6, 6.07) is 17.0. The van der Waals surface area contributed by atoms with Crippen LogP contribution in [0.3, 0.4) is 0 Å². The molecule has 0 saturated carbocycles. The Hall–Kier alpha value is -2.22. The molecule has 2 aliphatic rings. The summed E-state index contributed by atoms with van der Waals surface area (Å²) in [6.45, 7) is 4.56. The van der Waals surface area contributed by atoms with Crippen molar-refractivity contribution in [1.29, 1.82) is 0 Å². The molecule has 0 unspecified atom stereocenters. The summed E-state index contributed by atoms with van der Waals surface area (Å²) in [5.41, 5.74) is 2.40. The molecule has 2 aromatic carbocycles. The number of rotatable bonds is 7. The minimum absolute atomic E-state index is 0.0168. The first kappa shape index (κ1) is 23.0. The van der Waals surface area contributed by atoms with E-state index in [0.29, 0.717) is 37.4 Å². The average Bonchev–Trinajstić information content (AvgIpc) is 2.84. The summed E-state index contributed by atoms with van der Waals surface area (Å²) < 4.78 is 27.0. The van der Waals surface area contributed by atoms with Crippen LogP contribution < -0.4 is 5.32 Å². The topological polar surface area (TPSA) is 69.7 Å². The van der Waals surface area contributed by atoms with Gasteiger partial charge in [-0.15, -0.1) is 0 Å². The SMILES string of the molecule is O=C(NCc1cccc(CN2CCCCC2)c1)C1CCN(S(=O)(=O)c2ccccc2)CC1. The molecule has 1 N–H and O–H groups in total. The predicted octanol–water partition coefficient (Wildman–Crippen LogP) is 3.39. The highest BCUT2D eigenvalue weighted by atomic mass is 32.2. The molecule has 2 aromatic rings. The fourth-order valence-corrected chi connectivity index (χ4v) is 6.14. The van der Waals surface area contributed by atoms with Gasteiger partial charge in [0, 0.05) is 32.1 Å². The number of nitrogens with one attached hydrogen (secondary N) is 1. The smallest absolute Gasteiger partial charge is 0.243 e. The number of carbonyl (C=O) groups is 1. The van der Waals surface area contributed by atoms with Gasteiger partial charge in [0.15, 0.2) is 0 Å². The summed E-state index contributed by atoms with van der Waals surface area (Å²) in [6.07, 6.45) is 4.99. The van der Waals surface area contributed by atoms with Crippen LogP contribution in [0.15, 0.2) is 59.5 Å². The number of hydrogen-bond donors (Lipinski definition) is 1. The third-order valence-electron chi connectivity index (χ3n) is 6.52. The van der Waals surface area contributed by atoms with Crippen molar-refractivity contribution in [3.05, 3.63) is 65.7 Å². The van der Waals surface area contributed by atoms with Crippen LogP contribution in [0, 0.1) is 5.92 Å². The Morgan fingerprint density at radius 3 is 2.28 bits per heavy atom. The third-order valence-corrected chi connectivity index (χ3v) is 8.43. The third kappa shape index (κ3) is 5.77. The average molecular weight is 456 g/mol. The minimum atomic E-state index is -3.49. The Balaban J connectivity index is 1.26. The fraction of sp³-hybridized carbons (Fsp3) is 0.480. The van der Waals surface area contributed by atoms with E-state index in [4.69, 9.17) is 0 Å². The highest BCUT2D eigenvalue weighted by Crippen LogP contribution is 2.24. The Bertz CT molecular complexity index is 996. The molecule has 32 heavy (non-hydrogen) atoms. The number of carbonyl (C=O) groups excluding carboxylic acids is 1. The van der Waals surface area contributed by atoms with Crippen molar-refractivity contribution in [1.82, 2.24) is 14.5 Å². The fourth-order valence-electron chi connectivity index (χ4n) is 4.65. The van der Waals surface area contributed by atoms with Crippen LogP contribution in [0.25, 0.3) is 0 Å². The van der Waals surface area contributed by atoms with Crippen molar-refractivity contribution in [2.24, 2.45) is 5.92 Å². The Kier molecular flexibility index (Phi) is 7.60. The van der Waals surface area contributed by atoms with Crippen LogP contribution in [0.2, 0.25) is 0 Å². The summed E-state index contributed by atoms with van der Waals surface area (Å²) >= 11 is 0. The molecule has 0 spiro atoms. The van der Waals surface area contributed by atoms with E-state index in [-0.39, 0.29) is 11.8 Å². The molecule has 2 aliphatic heterocycles. The van der Waals surface area contributed by atoms with Gasteiger partial charge in [0.05, 0.1) is 4.90 Å². The van der Waals surface area contributed by atoms with Gasteiger partial charge in [-0.3, -0.25) is 9.69 Å². The molecule has 2 fully saturated rings. The number of hydrogen-bond acceptors (Lipinski definition) is 4. The zero-order valence-corrected chi connectivity index (χ0v) is 19.4. The molecule has 2 heterocycles. The van der Waals surface area contributed by atoms with Crippen LogP contribution in [-0.2, 0) is 27.9 Å². The second kappa shape index (κ2) is 10.6. The van der Waals surface area contributed by atoms with Crippen LogP contribution in [0.5, 0.6) is 0 Å². The molecule has 1 amide bonds. The Morgan fingerprint density at radius 1 is 0.875 bits per heavy atom. The van der Waals surface area contributed by atoms with Crippen LogP contribution in [-0.4, -0.2) is 49.7 Å². The number of piperidine rings is 2. The van der Waals surface area contributed by atoms with Gasteiger partial charge in [0.25, 0.3) is 0 Å². The molecule has 0 aromatic heterocycles. The van der Waals surface area contributed by atoms with E-state index in [1.54, 1.807) is 30.3 Å². The zero-order valence-electron chi connectivity index (χ0n) is 18.6. The molecule has 0 bridgehead atoms. The maximum atomic E-state index is 12.8. The van der Waals surface area contributed by atoms with Crippen molar-refractivity contribution in [3.63, 3.8) is 0 Å². The highest BCUT2D eigenvalue weighted by molar-refractivity contribution is 7.89. The van der Waals surface area contributed by atoms with E-state index in [9.17, 15) is 13.2 Å². The Labute approximate surface area is 191 Å². The van der Waals surface area contributed by atoms with Gasteiger partial charge in [-0.25, -0.2) is 8.42 Å². The zero-order chi connectivity index (χ0) is 22.4. The predicted molar refractivity (Wildman–Crippen MR) is 125 cm³/mol. The summed E-state index contributed by atoms with van der Waals surface area (Å²) in [4.78, 5) is 15.5. The quantitative estimate of drug-likeness (QED) is 0.695. The minimum Gasteiger partial charge on any atom is -0.352 e. The van der Waals surface area contributed by atoms with Gasteiger partial charge in [-0.05, 0) is 62.0 Å². The maximum Gasteiger partial charge on any atom is 0.243 e. The molecular formula is C25H33N3O3S. The normalized spacial score (nSPS) is 19.0. The van der Waals surface area contributed by atoms with E-state index in [2.05, 4.69) is 34.5 Å². The number of sulfonamides is 1. The summed E-state index contributed by atoms with van der Waals surface area (Å²) in [7, 11) is -3.49. The van der Waals surface area contributed by atoms with Crippen molar-refractivity contribution in [2.45, 2.75) is 50.1 Å². The highest BCUT2D eigenvalue weighted by Gasteiger charge is 2.31. The first-order chi connectivity index (χ1) is 15.5. The van der Waals surface area contributed by atoms with Crippen LogP contribution in [0.4, 0.5) is 0 Å².